The summed E-state index contributed by atoms with van der Waals surface area (Å²) in [4.78, 5) is 21.1. The van der Waals surface area contributed by atoms with Crippen molar-refractivity contribution in [2.24, 2.45) is 5.92 Å². The van der Waals surface area contributed by atoms with E-state index in [1.807, 2.05) is 18.7 Å². The molecule has 1 fully saturated rings. The summed E-state index contributed by atoms with van der Waals surface area (Å²) < 4.78 is 33.1. The van der Waals surface area contributed by atoms with Gasteiger partial charge in [-0.05, 0) is 58.4 Å². The van der Waals surface area contributed by atoms with Gasteiger partial charge in [-0.1, -0.05) is 0 Å². The van der Waals surface area contributed by atoms with Gasteiger partial charge in [0.15, 0.2) is 0 Å². The van der Waals surface area contributed by atoms with E-state index in [-0.39, 0.29) is 23.3 Å². The van der Waals surface area contributed by atoms with Crippen LogP contribution in [-0.4, -0.2) is 46.9 Å². The Morgan fingerprint density at radius 2 is 2.07 bits per heavy atom. The Labute approximate surface area is 164 Å². The topological polar surface area (TPSA) is 49.6 Å². The second-order valence-corrected chi connectivity index (χ2v) is 7.23. The van der Waals surface area contributed by atoms with Gasteiger partial charge in [0.2, 0.25) is 11.8 Å². The number of rotatable bonds is 6. The van der Waals surface area contributed by atoms with E-state index in [2.05, 4.69) is 9.88 Å². The van der Waals surface area contributed by atoms with Crippen LogP contribution in [0.15, 0.2) is 22.6 Å². The predicted molar refractivity (Wildman–Crippen MR) is 103 cm³/mol. The van der Waals surface area contributed by atoms with Gasteiger partial charge in [0.1, 0.15) is 17.4 Å². The average molecular weight is 391 g/mol. The molecule has 0 bridgehead atoms. The summed E-state index contributed by atoms with van der Waals surface area (Å²) in [5.41, 5.74) is 0.706. The summed E-state index contributed by atoms with van der Waals surface area (Å²) in [6.45, 7) is 9.26. The van der Waals surface area contributed by atoms with Crippen LogP contribution in [0.1, 0.15) is 38.1 Å². The van der Waals surface area contributed by atoms with Crippen molar-refractivity contribution in [1.29, 1.82) is 0 Å². The molecule has 0 radical (unpaired) electrons. The van der Waals surface area contributed by atoms with Crippen LogP contribution in [0.5, 0.6) is 0 Å². The highest BCUT2D eigenvalue weighted by molar-refractivity contribution is 5.79. The van der Waals surface area contributed by atoms with Crippen LogP contribution in [-0.2, 0) is 11.3 Å². The van der Waals surface area contributed by atoms with Crippen molar-refractivity contribution in [3.05, 3.63) is 41.3 Å². The molecule has 0 spiro atoms. The summed E-state index contributed by atoms with van der Waals surface area (Å²) in [5, 5.41) is 0. The van der Waals surface area contributed by atoms with Gasteiger partial charge in [0.05, 0.1) is 17.2 Å². The summed E-state index contributed by atoms with van der Waals surface area (Å²) in [6.07, 6.45) is 1.84. The molecule has 0 N–H and O–H groups in total. The molecule has 0 saturated carbocycles. The highest BCUT2D eigenvalue weighted by atomic mass is 19.1. The van der Waals surface area contributed by atoms with Gasteiger partial charge < -0.3 is 9.32 Å². The second kappa shape index (κ2) is 8.82. The van der Waals surface area contributed by atoms with E-state index in [0.717, 1.165) is 50.7 Å². The average Bonchev–Trinajstić information content (AvgIpc) is 3.05. The molecule has 5 nitrogen and oxygen atoms in total. The second-order valence-electron chi connectivity index (χ2n) is 7.23. The number of hydrogen-bond donors (Lipinski definition) is 0. The molecule has 1 aromatic heterocycles. The zero-order valence-electron chi connectivity index (χ0n) is 16.7. The number of carbonyl (C=O) groups excluding carboxylic acids is 1. The molecule has 1 aliphatic rings. The van der Waals surface area contributed by atoms with Crippen molar-refractivity contribution in [2.45, 2.75) is 40.2 Å². The number of halogens is 2. The fourth-order valence-electron chi connectivity index (χ4n) is 3.76. The van der Waals surface area contributed by atoms with Crippen LogP contribution in [0.4, 0.5) is 8.78 Å². The Morgan fingerprint density at radius 1 is 1.32 bits per heavy atom. The smallest absolute Gasteiger partial charge is 0.229 e. The van der Waals surface area contributed by atoms with Crippen LogP contribution in [0, 0.1) is 24.5 Å². The molecule has 1 saturated heterocycles. The fourth-order valence-corrected chi connectivity index (χ4v) is 3.76. The Bertz CT molecular complexity index is 833. The molecule has 0 aliphatic carbocycles. The highest BCUT2D eigenvalue weighted by Gasteiger charge is 2.29. The first-order chi connectivity index (χ1) is 13.4. The van der Waals surface area contributed by atoms with Gasteiger partial charge in [-0.15, -0.1) is 0 Å². The van der Waals surface area contributed by atoms with E-state index >= 15 is 0 Å². The number of benzene rings is 1. The van der Waals surface area contributed by atoms with Crippen molar-refractivity contribution < 1.29 is 18.0 Å². The molecular formula is C21H27F2N3O2. The molecule has 7 heteroatoms. The van der Waals surface area contributed by atoms with Crippen LogP contribution < -0.4 is 0 Å². The third kappa shape index (κ3) is 4.41. The fraction of sp³-hybridized carbons (Fsp3) is 0.524. The zero-order chi connectivity index (χ0) is 20.3. The first-order valence-corrected chi connectivity index (χ1v) is 9.85. The largest absolute Gasteiger partial charge is 0.441 e. The number of carbonyl (C=O) groups is 1. The lowest BCUT2D eigenvalue weighted by Crippen LogP contribution is -2.44. The van der Waals surface area contributed by atoms with E-state index in [4.69, 9.17) is 4.42 Å². The van der Waals surface area contributed by atoms with E-state index in [1.54, 1.807) is 6.92 Å². The maximum Gasteiger partial charge on any atom is 0.229 e. The van der Waals surface area contributed by atoms with E-state index < -0.39 is 11.6 Å². The number of amides is 1. The normalized spacial score (nSPS) is 17.7. The molecule has 1 atom stereocenters. The van der Waals surface area contributed by atoms with Gasteiger partial charge in [0.25, 0.3) is 0 Å². The summed E-state index contributed by atoms with van der Waals surface area (Å²) in [6, 6.07) is 3.22. The summed E-state index contributed by atoms with van der Waals surface area (Å²) in [5.74, 6) is -0.261. The van der Waals surface area contributed by atoms with Gasteiger partial charge in [-0.25, -0.2) is 13.8 Å². The van der Waals surface area contributed by atoms with Gasteiger partial charge in [-0.3, -0.25) is 9.69 Å². The molecule has 3 rings (SSSR count). The van der Waals surface area contributed by atoms with Crippen molar-refractivity contribution in [2.75, 3.05) is 26.2 Å². The van der Waals surface area contributed by atoms with E-state index in [1.165, 1.54) is 0 Å². The molecule has 152 valence electrons. The predicted octanol–water partition coefficient (Wildman–Crippen LogP) is 4.01. The number of piperidine rings is 1. The van der Waals surface area contributed by atoms with E-state index in [0.29, 0.717) is 24.5 Å². The van der Waals surface area contributed by atoms with Gasteiger partial charge in [-0.2, -0.15) is 0 Å². The molecule has 1 aromatic carbocycles. The lowest BCUT2D eigenvalue weighted by atomic mass is 9.96. The minimum absolute atomic E-state index is 0.0130. The minimum Gasteiger partial charge on any atom is -0.441 e. The van der Waals surface area contributed by atoms with Crippen molar-refractivity contribution in [1.82, 2.24) is 14.8 Å². The van der Waals surface area contributed by atoms with Gasteiger partial charge in [0, 0.05) is 26.2 Å². The van der Waals surface area contributed by atoms with Crippen LogP contribution in [0.25, 0.3) is 11.5 Å². The SMILES string of the molecule is CCN(CC)C(=O)C1CCCN(Cc2nc(-c3cc(F)ccc3F)oc2C)C1. The number of hydrogen-bond acceptors (Lipinski definition) is 4. The summed E-state index contributed by atoms with van der Waals surface area (Å²) in [7, 11) is 0. The number of aromatic nitrogens is 1. The van der Waals surface area contributed by atoms with E-state index in [9.17, 15) is 13.6 Å². The Balaban J connectivity index is 1.72. The maximum atomic E-state index is 14.0. The van der Waals surface area contributed by atoms with Gasteiger partial charge >= 0.3 is 0 Å². The van der Waals surface area contributed by atoms with Crippen LogP contribution in [0.3, 0.4) is 0 Å². The lowest BCUT2D eigenvalue weighted by Gasteiger charge is -2.34. The summed E-state index contributed by atoms with van der Waals surface area (Å²) >= 11 is 0. The Hall–Kier alpha value is -2.28. The number of nitrogens with zero attached hydrogens (tertiary/aromatic N) is 3. The molecule has 28 heavy (non-hydrogen) atoms. The van der Waals surface area contributed by atoms with Crippen molar-refractivity contribution in [3.8, 4) is 11.5 Å². The van der Waals surface area contributed by atoms with Crippen LogP contribution in [0.2, 0.25) is 0 Å². The molecule has 2 aromatic rings. The lowest BCUT2D eigenvalue weighted by molar-refractivity contribution is -0.137. The van der Waals surface area contributed by atoms with Crippen molar-refractivity contribution in [3.63, 3.8) is 0 Å². The molecule has 1 aliphatic heterocycles. The first-order valence-electron chi connectivity index (χ1n) is 9.85. The monoisotopic (exact) mass is 391 g/mol. The zero-order valence-corrected chi connectivity index (χ0v) is 16.7. The Morgan fingerprint density at radius 3 is 2.79 bits per heavy atom. The van der Waals surface area contributed by atoms with Crippen LogP contribution >= 0.6 is 0 Å². The Kier molecular flexibility index (Phi) is 6.44. The molecule has 1 amide bonds. The quantitative estimate of drug-likeness (QED) is 0.747. The number of aryl methyl sites for hydroxylation is 1. The number of oxazole rings is 1. The molecular weight excluding hydrogens is 364 g/mol. The van der Waals surface area contributed by atoms with Crippen molar-refractivity contribution >= 4 is 5.91 Å². The first kappa shape index (κ1) is 20.5. The third-order valence-electron chi connectivity index (χ3n) is 5.35. The third-order valence-corrected chi connectivity index (χ3v) is 5.35. The molecule has 1 unspecified atom stereocenters. The molecule has 2 heterocycles. The minimum atomic E-state index is -0.572. The number of likely N-dealkylation sites (tertiary alicyclic amines) is 1. The maximum absolute atomic E-state index is 14.0. The highest BCUT2D eigenvalue weighted by Crippen LogP contribution is 2.27. The standard InChI is InChI=1S/C21H27F2N3O2/c1-4-26(5-2)21(27)15-7-6-10-25(12-15)13-19-14(3)28-20(24-19)17-11-16(22)8-9-18(17)23/h8-9,11,15H,4-7,10,12-13H2,1-3H3.